The molecule has 1 aliphatic rings. The van der Waals surface area contributed by atoms with E-state index in [0.29, 0.717) is 6.04 Å². The van der Waals surface area contributed by atoms with E-state index in [-0.39, 0.29) is 0 Å². The Morgan fingerprint density at radius 1 is 1.73 bits per heavy atom. The first kappa shape index (κ1) is 7.37. The van der Waals surface area contributed by atoms with Gasteiger partial charge < -0.3 is 9.73 Å². The fraction of sp³-hybridized carbons (Fsp3) is 0.500. The Kier molecular flexibility index (Phi) is 1.77. The summed E-state index contributed by atoms with van der Waals surface area (Å²) in [6.07, 6.45) is 2.84. The van der Waals surface area contributed by atoms with Gasteiger partial charge in [0.15, 0.2) is 0 Å². The number of furan rings is 1. The third-order valence-corrected chi connectivity index (χ3v) is 2.76. The first-order chi connectivity index (χ1) is 5.29. The maximum atomic E-state index is 5.39. The predicted octanol–water partition coefficient (Wildman–Crippen LogP) is 2.25. The highest BCUT2D eigenvalue weighted by atomic mass is 79.9. The second kappa shape index (κ2) is 2.64. The molecule has 0 fully saturated rings. The van der Waals surface area contributed by atoms with Crippen LogP contribution >= 0.6 is 15.9 Å². The normalized spacial score (nSPS) is 23.3. The predicted molar refractivity (Wildman–Crippen MR) is 46.5 cm³/mol. The molecule has 0 bridgehead atoms. The lowest BCUT2D eigenvalue weighted by atomic mass is 10.0. The van der Waals surface area contributed by atoms with Crippen LogP contribution in [0.5, 0.6) is 0 Å². The molecule has 2 heterocycles. The number of halogens is 1. The van der Waals surface area contributed by atoms with E-state index in [9.17, 15) is 0 Å². The molecule has 0 amide bonds. The summed E-state index contributed by atoms with van der Waals surface area (Å²) in [7, 11) is 0. The lowest BCUT2D eigenvalue weighted by Crippen LogP contribution is -2.26. The van der Waals surface area contributed by atoms with Crippen LogP contribution < -0.4 is 5.32 Å². The largest absolute Gasteiger partial charge is 0.466 e. The summed E-state index contributed by atoms with van der Waals surface area (Å²) in [5.74, 6) is 1.09. The van der Waals surface area contributed by atoms with E-state index in [2.05, 4.69) is 28.2 Å². The molecule has 11 heavy (non-hydrogen) atoms. The molecule has 1 N–H and O–H groups in total. The summed E-state index contributed by atoms with van der Waals surface area (Å²) in [5, 5.41) is 3.34. The molecule has 1 aliphatic heterocycles. The Hall–Kier alpha value is -0.280. The maximum Gasteiger partial charge on any atom is 0.124 e. The lowest BCUT2D eigenvalue weighted by Gasteiger charge is -2.18. The second-order valence-electron chi connectivity index (χ2n) is 2.85. The quantitative estimate of drug-likeness (QED) is 0.719. The molecular weight excluding hydrogens is 206 g/mol. The van der Waals surface area contributed by atoms with Crippen molar-refractivity contribution in [1.29, 1.82) is 0 Å². The standard InChI is InChI=1S/C8H10BrNO/c1-5-8-6(2-3-10-5)7(9)4-11-8/h4-5,10H,2-3H2,1H3. The zero-order valence-corrected chi connectivity index (χ0v) is 7.94. The highest BCUT2D eigenvalue weighted by Crippen LogP contribution is 2.30. The van der Waals surface area contributed by atoms with Crippen LogP contribution in [0.2, 0.25) is 0 Å². The van der Waals surface area contributed by atoms with Gasteiger partial charge in [-0.05, 0) is 29.3 Å². The first-order valence-electron chi connectivity index (χ1n) is 3.78. The Bertz CT molecular complexity index is 269. The molecule has 1 aromatic heterocycles. The summed E-state index contributed by atoms with van der Waals surface area (Å²) < 4.78 is 6.50. The van der Waals surface area contributed by atoms with Gasteiger partial charge in [-0.1, -0.05) is 0 Å². The fourth-order valence-electron chi connectivity index (χ4n) is 1.49. The van der Waals surface area contributed by atoms with Gasteiger partial charge in [0.2, 0.25) is 0 Å². The van der Waals surface area contributed by atoms with Gasteiger partial charge in [-0.3, -0.25) is 0 Å². The maximum absolute atomic E-state index is 5.39. The van der Waals surface area contributed by atoms with E-state index in [1.807, 2.05) is 0 Å². The van der Waals surface area contributed by atoms with Crippen LogP contribution in [-0.2, 0) is 6.42 Å². The summed E-state index contributed by atoms with van der Waals surface area (Å²) in [5.41, 5.74) is 1.33. The highest BCUT2D eigenvalue weighted by molar-refractivity contribution is 9.10. The zero-order chi connectivity index (χ0) is 7.84. The molecule has 0 aromatic carbocycles. The summed E-state index contributed by atoms with van der Waals surface area (Å²) >= 11 is 3.46. The van der Waals surface area contributed by atoms with Gasteiger partial charge in [-0.2, -0.15) is 0 Å². The molecular formula is C8H10BrNO. The van der Waals surface area contributed by atoms with E-state index < -0.39 is 0 Å². The molecule has 2 nitrogen and oxygen atoms in total. The minimum atomic E-state index is 0.366. The van der Waals surface area contributed by atoms with Gasteiger partial charge in [-0.15, -0.1) is 0 Å². The molecule has 1 atom stereocenters. The van der Waals surface area contributed by atoms with Gasteiger partial charge >= 0.3 is 0 Å². The molecule has 2 rings (SSSR count). The van der Waals surface area contributed by atoms with Crippen molar-refractivity contribution in [3.63, 3.8) is 0 Å². The van der Waals surface area contributed by atoms with E-state index in [4.69, 9.17) is 4.42 Å². The fourth-order valence-corrected chi connectivity index (χ4v) is 1.97. The van der Waals surface area contributed by atoms with E-state index >= 15 is 0 Å². The van der Waals surface area contributed by atoms with Gasteiger partial charge in [0, 0.05) is 12.1 Å². The average molecular weight is 216 g/mol. The molecule has 3 heteroatoms. The molecule has 0 saturated heterocycles. The van der Waals surface area contributed by atoms with Gasteiger partial charge in [0.1, 0.15) is 12.0 Å². The molecule has 1 aromatic rings. The topological polar surface area (TPSA) is 25.2 Å². The van der Waals surface area contributed by atoms with E-state index in [1.54, 1.807) is 6.26 Å². The SMILES string of the molecule is CC1NCCc2c(Br)coc21. The monoisotopic (exact) mass is 215 g/mol. The smallest absolute Gasteiger partial charge is 0.124 e. The summed E-state index contributed by atoms with van der Waals surface area (Å²) in [6.45, 7) is 3.17. The van der Waals surface area contributed by atoms with Crippen molar-refractivity contribution in [1.82, 2.24) is 5.32 Å². The Balaban J connectivity index is 2.46. The number of hydrogen-bond donors (Lipinski definition) is 1. The second-order valence-corrected chi connectivity index (χ2v) is 3.71. The van der Waals surface area contributed by atoms with Crippen LogP contribution in [0.1, 0.15) is 24.3 Å². The van der Waals surface area contributed by atoms with Gasteiger partial charge in [0.25, 0.3) is 0 Å². The minimum absolute atomic E-state index is 0.366. The van der Waals surface area contributed by atoms with Crippen LogP contribution in [0.25, 0.3) is 0 Å². The first-order valence-corrected chi connectivity index (χ1v) is 4.57. The van der Waals surface area contributed by atoms with Crippen molar-refractivity contribution in [2.24, 2.45) is 0 Å². The molecule has 0 radical (unpaired) electrons. The molecule has 1 unspecified atom stereocenters. The molecule has 0 saturated carbocycles. The number of nitrogens with one attached hydrogen (secondary N) is 1. The van der Waals surface area contributed by atoms with Crippen molar-refractivity contribution in [3.05, 3.63) is 22.1 Å². The van der Waals surface area contributed by atoms with Crippen LogP contribution in [0.15, 0.2) is 15.2 Å². The molecule has 60 valence electrons. The van der Waals surface area contributed by atoms with Crippen molar-refractivity contribution in [2.75, 3.05) is 6.54 Å². The Morgan fingerprint density at radius 3 is 3.27 bits per heavy atom. The molecule has 0 aliphatic carbocycles. The van der Waals surface area contributed by atoms with Gasteiger partial charge in [0.05, 0.1) is 10.5 Å². The Morgan fingerprint density at radius 2 is 2.55 bits per heavy atom. The number of rotatable bonds is 0. The summed E-state index contributed by atoms with van der Waals surface area (Å²) in [4.78, 5) is 0. The van der Waals surface area contributed by atoms with Crippen LogP contribution in [0.3, 0.4) is 0 Å². The van der Waals surface area contributed by atoms with Crippen molar-refractivity contribution in [2.45, 2.75) is 19.4 Å². The highest BCUT2D eigenvalue weighted by Gasteiger charge is 2.21. The zero-order valence-electron chi connectivity index (χ0n) is 6.36. The van der Waals surface area contributed by atoms with Crippen molar-refractivity contribution >= 4 is 15.9 Å². The van der Waals surface area contributed by atoms with Crippen LogP contribution in [0.4, 0.5) is 0 Å². The average Bonchev–Trinajstić information content (AvgIpc) is 2.35. The van der Waals surface area contributed by atoms with Crippen LogP contribution in [-0.4, -0.2) is 6.54 Å². The van der Waals surface area contributed by atoms with E-state index in [1.165, 1.54) is 5.56 Å². The van der Waals surface area contributed by atoms with E-state index in [0.717, 1.165) is 23.2 Å². The number of hydrogen-bond acceptors (Lipinski definition) is 2. The van der Waals surface area contributed by atoms with Gasteiger partial charge in [-0.25, -0.2) is 0 Å². The Labute approximate surface area is 74.1 Å². The molecule has 0 spiro atoms. The summed E-state index contributed by atoms with van der Waals surface area (Å²) in [6, 6.07) is 0.366. The third-order valence-electron chi connectivity index (χ3n) is 2.09. The van der Waals surface area contributed by atoms with Crippen molar-refractivity contribution in [3.8, 4) is 0 Å². The minimum Gasteiger partial charge on any atom is -0.466 e. The van der Waals surface area contributed by atoms with Crippen LogP contribution in [0, 0.1) is 0 Å². The van der Waals surface area contributed by atoms with Crippen molar-refractivity contribution < 1.29 is 4.42 Å². The number of fused-ring (bicyclic) bond motifs is 1. The lowest BCUT2D eigenvalue weighted by molar-refractivity contribution is 0.409. The third kappa shape index (κ3) is 1.12.